The van der Waals surface area contributed by atoms with Crippen molar-refractivity contribution in [3.63, 3.8) is 0 Å². The van der Waals surface area contributed by atoms with E-state index in [2.05, 4.69) is 22.2 Å². The first-order valence-electron chi connectivity index (χ1n) is 13.2. The van der Waals surface area contributed by atoms with E-state index in [1.54, 1.807) is 18.3 Å². The summed E-state index contributed by atoms with van der Waals surface area (Å²) in [7, 11) is 2.09. The zero-order chi connectivity index (χ0) is 27.1. The normalized spacial score (nSPS) is 17.7. The van der Waals surface area contributed by atoms with Crippen LogP contribution in [0.2, 0.25) is 0 Å². The molecule has 204 valence electrons. The molecule has 2 aliphatic heterocycles. The lowest BCUT2D eigenvalue weighted by molar-refractivity contribution is 0.0797. The second-order valence-electron chi connectivity index (χ2n) is 10.3. The number of carbonyl (C=O) groups is 2. The summed E-state index contributed by atoms with van der Waals surface area (Å²) < 4.78 is 23.2. The lowest BCUT2D eigenvalue weighted by Crippen LogP contribution is -2.43. The minimum Gasteiger partial charge on any atom is -0.410 e. The lowest BCUT2D eigenvalue weighted by atomic mass is 10.0. The average Bonchev–Trinajstić information content (AvgIpc) is 3.48. The molecule has 39 heavy (non-hydrogen) atoms. The predicted octanol–water partition coefficient (Wildman–Crippen LogP) is 4.13. The SMILES string of the molecule is CN1CCC(NC(=O)c2ccc3c(c2)sc2nc(-c4ccc(OC(=O)N5CCC(O)CC5)cc4F)cn23)CC1. The van der Waals surface area contributed by atoms with E-state index in [1.807, 2.05) is 22.6 Å². The molecule has 2 aliphatic rings. The van der Waals surface area contributed by atoms with Gasteiger partial charge in [0.1, 0.15) is 11.6 Å². The number of piperidine rings is 2. The van der Waals surface area contributed by atoms with E-state index in [-0.39, 0.29) is 17.7 Å². The first-order valence-corrected chi connectivity index (χ1v) is 14.0. The van der Waals surface area contributed by atoms with E-state index >= 15 is 4.39 Å². The molecule has 6 rings (SSSR count). The molecule has 2 amide bonds. The Morgan fingerprint density at radius 2 is 1.85 bits per heavy atom. The van der Waals surface area contributed by atoms with Crippen LogP contribution >= 0.6 is 11.3 Å². The summed E-state index contributed by atoms with van der Waals surface area (Å²) in [6.45, 7) is 2.77. The van der Waals surface area contributed by atoms with Crippen LogP contribution in [0.5, 0.6) is 5.75 Å². The van der Waals surface area contributed by atoms with Crippen LogP contribution in [-0.4, -0.2) is 81.7 Å². The van der Waals surface area contributed by atoms with Gasteiger partial charge in [-0.15, -0.1) is 0 Å². The Kier molecular flexibility index (Phi) is 6.96. The van der Waals surface area contributed by atoms with Crippen molar-refractivity contribution >= 4 is 38.5 Å². The molecule has 4 aromatic rings. The topological polar surface area (TPSA) is 99.4 Å². The number of fused-ring (bicyclic) bond motifs is 3. The second-order valence-corrected chi connectivity index (χ2v) is 11.4. The monoisotopic (exact) mass is 551 g/mol. The van der Waals surface area contributed by atoms with Crippen molar-refractivity contribution in [3.05, 3.63) is 54.0 Å². The summed E-state index contributed by atoms with van der Waals surface area (Å²) in [5.74, 6) is -0.499. The number of nitrogens with zero attached hydrogens (tertiary/aromatic N) is 4. The number of benzene rings is 2. The Hall–Kier alpha value is -3.54. The lowest BCUT2D eigenvalue weighted by Gasteiger charge is -2.29. The van der Waals surface area contributed by atoms with E-state index < -0.39 is 18.0 Å². The van der Waals surface area contributed by atoms with Crippen molar-refractivity contribution in [1.29, 1.82) is 0 Å². The van der Waals surface area contributed by atoms with Crippen LogP contribution < -0.4 is 10.1 Å². The van der Waals surface area contributed by atoms with Gasteiger partial charge in [-0.3, -0.25) is 9.20 Å². The van der Waals surface area contributed by atoms with Gasteiger partial charge >= 0.3 is 6.09 Å². The van der Waals surface area contributed by atoms with Crippen LogP contribution in [0.25, 0.3) is 26.4 Å². The third kappa shape index (κ3) is 5.34. The zero-order valence-corrected chi connectivity index (χ0v) is 22.4. The Bertz CT molecular complexity index is 1540. The number of ether oxygens (including phenoxy) is 1. The number of rotatable bonds is 4. The molecular formula is C28H30FN5O4S. The van der Waals surface area contributed by atoms with Crippen molar-refractivity contribution in [3.8, 4) is 17.0 Å². The minimum absolute atomic E-state index is 0.0704. The number of thiazole rings is 1. The fourth-order valence-electron chi connectivity index (χ4n) is 5.17. The predicted molar refractivity (Wildman–Crippen MR) is 147 cm³/mol. The molecule has 2 fully saturated rings. The van der Waals surface area contributed by atoms with Crippen molar-refractivity contribution in [2.24, 2.45) is 0 Å². The van der Waals surface area contributed by atoms with Crippen molar-refractivity contribution < 1.29 is 23.8 Å². The highest BCUT2D eigenvalue weighted by Crippen LogP contribution is 2.32. The molecule has 0 saturated carbocycles. The third-order valence-corrected chi connectivity index (χ3v) is 8.57. The van der Waals surface area contributed by atoms with E-state index in [0.29, 0.717) is 47.7 Å². The van der Waals surface area contributed by atoms with Crippen molar-refractivity contribution in [1.82, 2.24) is 24.5 Å². The van der Waals surface area contributed by atoms with Crippen LogP contribution in [0.3, 0.4) is 0 Å². The molecule has 0 bridgehead atoms. The number of nitrogens with one attached hydrogen (secondary N) is 1. The quantitative estimate of drug-likeness (QED) is 0.396. The van der Waals surface area contributed by atoms with Gasteiger partial charge in [0.2, 0.25) is 0 Å². The van der Waals surface area contributed by atoms with Gasteiger partial charge in [-0.1, -0.05) is 11.3 Å². The smallest absolute Gasteiger partial charge is 0.410 e. The molecule has 9 nitrogen and oxygen atoms in total. The fourth-order valence-corrected chi connectivity index (χ4v) is 6.22. The molecule has 0 radical (unpaired) electrons. The summed E-state index contributed by atoms with van der Waals surface area (Å²) in [5, 5.41) is 12.8. The van der Waals surface area contributed by atoms with Gasteiger partial charge < -0.3 is 25.0 Å². The van der Waals surface area contributed by atoms with Gasteiger partial charge in [-0.25, -0.2) is 14.2 Å². The van der Waals surface area contributed by atoms with Gasteiger partial charge in [0.15, 0.2) is 4.96 Å². The standard InChI is InChI=1S/C28H30FN5O4S/c1-32-10-6-18(7-11-32)30-26(36)17-2-5-24-25(14-17)39-27-31-23(16-34(24)27)21-4-3-20(15-22(21)29)38-28(37)33-12-8-19(35)9-13-33/h2-5,14-16,18-19,35H,6-13H2,1H3,(H,30,36). The fraction of sp³-hybridized carbons (Fsp3) is 0.393. The molecule has 2 saturated heterocycles. The Morgan fingerprint density at radius 1 is 1.08 bits per heavy atom. The van der Waals surface area contributed by atoms with E-state index in [9.17, 15) is 14.7 Å². The largest absolute Gasteiger partial charge is 0.415 e. The number of aliphatic hydroxyl groups excluding tert-OH is 1. The maximum atomic E-state index is 15.1. The van der Waals surface area contributed by atoms with E-state index in [1.165, 1.54) is 22.3 Å². The van der Waals surface area contributed by atoms with Gasteiger partial charge in [0.05, 0.1) is 22.0 Å². The van der Waals surface area contributed by atoms with Crippen LogP contribution in [0, 0.1) is 5.82 Å². The highest BCUT2D eigenvalue weighted by Gasteiger charge is 2.24. The average molecular weight is 552 g/mol. The molecule has 2 aromatic carbocycles. The first-order chi connectivity index (χ1) is 18.8. The molecular weight excluding hydrogens is 521 g/mol. The van der Waals surface area contributed by atoms with Crippen LogP contribution in [-0.2, 0) is 0 Å². The Morgan fingerprint density at radius 3 is 2.59 bits per heavy atom. The van der Waals surface area contributed by atoms with Crippen molar-refractivity contribution in [2.45, 2.75) is 37.8 Å². The summed E-state index contributed by atoms with van der Waals surface area (Å²) in [4.78, 5) is 34.3. The number of hydrogen-bond donors (Lipinski definition) is 2. The zero-order valence-electron chi connectivity index (χ0n) is 21.6. The van der Waals surface area contributed by atoms with Crippen LogP contribution in [0.1, 0.15) is 36.0 Å². The van der Waals surface area contributed by atoms with Gasteiger partial charge in [0, 0.05) is 42.5 Å². The molecule has 0 atom stereocenters. The molecule has 0 spiro atoms. The number of likely N-dealkylation sites (tertiary alicyclic amines) is 2. The number of halogens is 1. The second kappa shape index (κ2) is 10.6. The highest BCUT2D eigenvalue weighted by molar-refractivity contribution is 7.23. The summed E-state index contributed by atoms with van der Waals surface area (Å²) in [5.41, 5.74) is 2.27. The Labute approximate surface area is 228 Å². The molecule has 0 aliphatic carbocycles. The summed E-state index contributed by atoms with van der Waals surface area (Å²) in [6.07, 6.45) is 3.72. The third-order valence-electron chi connectivity index (χ3n) is 7.55. The van der Waals surface area contributed by atoms with Gasteiger partial charge in [-0.05, 0) is 76.2 Å². The summed E-state index contributed by atoms with van der Waals surface area (Å²) in [6, 6.07) is 10.1. The number of aromatic nitrogens is 2. The highest BCUT2D eigenvalue weighted by atomic mass is 32.1. The number of hydrogen-bond acceptors (Lipinski definition) is 7. The van der Waals surface area contributed by atoms with Crippen LogP contribution in [0.4, 0.5) is 9.18 Å². The molecule has 0 unspecified atom stereocenters. The molecule has 2 aromatic heterocycles. The number of imidazole rings is 1. The minimum atomic E-state index is -0.553. The molecule has 2 N–H and O–H groups in total. The summed E-state index contributed by atoms with van der Waals surface area (Å²) >= 11 is 1.44. The first kappa shape index (κ1) is 25.7. The van der Waals surface area contributed by atoms with Crippen molar-refractivity contribution in [2.75, 3.05) is 33.2 Å². The van der Waals surface area contributed by atoms with Gasteiger partial charge in [0.25, 0.3) is 5.91 Å². The van der Waals surface area contributed by atoms with Gasteiger partial charge in [-0.2, -0.15) is 0 Å². The Balaban J connectivity index is 1.17. The molecule has 11 heteroatoms. The van der Waals surface area contributed by atoms with E-state index in [0.717, 1.165) is 36.1 Å². The van der Waals surface area contributed by atoms with Crippen LogP contribution in [0.15, 0.2) is 42.6 Å². The number of amides is 2. The maximum absolute atomic E-state index is 15.1. The molecule has 4 heterocycles. The van der Waals surface area contributed by atoms with E-state index in [4.69, 9.17) is 4.74 Å². The number of aliphatic hydroxyl groups is 1. The number of carbonyl (C=O) groups excluding carboxylic acids is 2. The maximum Gasteiger partial charge on any atom is 0.415 e.